The summed E-state index contributed by atoms with van der Waals surface area (Å²) in [6.07, 6.45) is 0. The van der Waals surface area contributed by atoms with Crippen LogP contribution in [0.15, 0.2) is 22.6 Å². The minimum atomic E-state index is -0.666. The highest BCUT2D eigenvalue weighted by Crippen LogP contribution is 2.30. The van der Waals surface area contributed by atoms with Crippen LogP contribution in [0.1, 0.15) is 68.7 Å². The molecule has 1 aliphatic heterocycles. The number of nitriles is 1. The normalized spacial score (nSPS) is 13.6. The molecule has 1 aromatic carbocycles. The van der Waals surface area contributed by atoms with Crippen molar-refractivity contribution in [2.45, 2.75) is 40.2 Å². The third-order valence-corrected chi connectivity index (χ3v) is 4.54. The molecule has 3 amide bonds. The van der Waals surface area contributed by atoms with E-state index in [-0.39, 0.29) is 34.0 Å². The average Bonchev–Trinajstić information content (AvgIpc) is 3.00. The topological polar surface area (TPSA) is 103 Å². The van der Waals surface area contributed by atoms with Crippen molar-refractivity contribution in [2.24, 2.45) is 0 Å². The first-order chi connectivity index (χ1) is 12.6. The van der Waals surface area contributed by atoms with E-state index in [0.717, 1.165) is 0 Å². The second kappa shape index (κ2) is 6.09. The van der Waals surface area contributed by atoms with Gasteiger partial charge in [0, 0.05) is 16.7 Å². The van der Waals surface area contributed by atoms with E-state index < -0.39 is 17.4 Å². The number of carbonyl (C=O) groups excluding carboxylic acids is 3. The van der Waals surface area contributed by atoms with Crippen molar-refractivity contribution in [1.29, 1.82) is 5.26 Å². The van der Waals surface area contributed by atoms with E-state index in [9.17, 15) is 19.6 Å². The first kappa shape index (κ1) is 18.4. The van der Waals surface area contributed by atoms with Crippen LogP contribution in [0.4, 0.5) is 5.88 Å². The molecular formula is C20H19N3O4. The Balaban J connectivity index is 1.94. The highest BCUT2D eigenvalue weighted by atomic mass is 16.4. The zero-order valence-corrected chi connectivity index (χ0v) is 15.8. The molecule has 0 spiro atoms. The van der Waals surface area contributed by atoms with Crippen LogP contribution in [-0.2, 0) is 0 Å². The number of benzene rings is 1. The van der Waals surface area contributed by atoms with Crippen LogP contribution in [0.2, 0.25) is 0 Å². The number of nitrogens with zero attached hydrogens (tertiary/aromatic N) is 2. The van der Waals surface area contributed by atoms with E-state index in [4.69, 9.17) is 4.42 Å². The maximum absolute atomic E-state index is 12.6. The van der Waals surface area contributed by atoms with Gasteiger partial charge >= 0.3 is 0 Å². The summed E-state index contributed by atoms with van der Waals surface area (Å²) in [5.41, 5.74) is 0.904. The van der Waals surface area contributed by atoms with Gasteiger partial charge in [0.25, 0.3) is 17.7 Å². The number of aryl methyl sites for hydroxylation is 1. The van der Waals surface area contributed by atoms with Crippen LogP contribution >= 0.6 is 0 Å². The van der Waals surface area contributed by atoms with Gasteiger partial charge in [0.05, 0.1) is 11.1 Å². The molecule has 7 heteroatoms. The standard InChI is InChI=1S/C20H19N3O4/c1-10-11(2)27-17(15(10)9-21)22-16(24)12-6-7-13-14(8-12)19(26)23(18(13)25)20(3,4)5/h6-8H,1-5H3,(H,22,24). The second-order valence-corrected chi connectivity index (χ2v) is 7.43. The van der Waals surface area contributed by atoms with Gasteiger partial charge in [-0.1, -0.05) is 0 Å². The summed E-state index contributed by atoms with van der Waals surface area (Å²) in [4.78, 5) is 38.9. The zero-order valence-electron chi connectivity index (χ0n) is 15.8. The van der Waals surface area contributed by atoms with Crippen LogP contribution in [0.25, 0.3) is 0 Å². The summed E-state index contributed by atoms with van der Waals surface area (Å²) in [6, 6.07) is 6.34. The van der Waals surface area contributed by atoms with Crippen molar-refractivity contribution in [3.63, 3.8) is 0 Å². The van der Waals surface area contributed by atoms with Gasteiger partial charge in [0.2, 0.25) is 5.88 Å². The Kier molecular flexibility index (Phi) is 4.15. The largest absolute Gasteiger partial charge is 0.444 e. The number of hydrogen-bond acceptors (Lipinski definition) is 5. The van der Waals surface area contributed by atoms with Crippen LogP contribution in [0.5, 0.6) is 0 Å². The van der Waals surface area contributed by atoms with Crippen molar-refractivity contribution in [3.8, 4) is 6.07 Å². The van der Waals surface area contributed by atoms with Gasteiger partial charge in [-0.15, -0.1) is 0 Å². The molecule has 0 fully saturated rings. The Morgan fingerprint density at radius 2 is 1.78 bits per heavy atom. The minimum absolute atomic E-state index is 0.0664. The first-order valence-electron chi connectivity index (χ1n) is 8.40. The molecule has 1 aliphatic rings. The van der Waals surface area contributed by atoms with Gasteiger partial charge in [0.15, 0.2) is 0 Å². The third kappa shape index (κ3) is 2.89. The SMILES string of the molecule is Cc1oc(NC(=O)c2ccc3c(c2)C(=O)N(C(C)(C)C)C3=O)c(C#N)c1C. The van der Waals surface area contributed by atoms with E-state index in [0.29, 0.717) is 11.3 Å². The van der Waals surface area contributed by atoms with E-state index in [2.05, 4.69) is 5.32 Å². The summed E-state index contributed by atoms with van der Waals surface area (Å²) < 4.78 is 5.44. The van der Waals surface area contributed by atoms with Gasteiger partial charge in [-0.05, 0) is 52.8 Å². The zero-order chi connectivity index (χ0) is 20.1. The number of anilines is 1. The fraction of sp³-hybridized carbons (Fsp3) is 0.300. The molecule has 2 aromatic rings. The van der Waals surface area contributed by atoms with Gasteiger partial charge in [-0.25, -0.2) is 0 Å². The molecule has 0 unspecified atom stereocenters. The van der Waals surface area contributed by atoms with Crippen molar-refractivity contribution in [1.82, 2.24) is 4.90 Å². The summed E-state index contributed by atoms with van der Waals surface area (Å²) in [7, 11) is 0. The quantitative estimate of drug-likeness (QED) is 0.821. The van der Waals surface area contributed by atoms with Crippen LogP contribution in [0.3, 0.4) is 0 Å². The predicted molar refractivity (Wildman–Crippen MR) is 97.5 cm³/mol. The van der Waals surface area contributed by atoms with E-state index in [1.807, 2.05) is 6.07 Å². The number of furan rings is 1. The molecule has 0 aliphatic carbocycles. The lowest BCUT2D eigenvalue weighted by Gasteiger charge is -2.29. The lowest BCUT2D eigenvalue weighted by atomic mass is 10.1. The van der Waals surface area contributed by atoms with Gasteiger partial charge in [0.1, 0.15) is 17.4 Å². The fourth-order valence-corrected chi connectivity index (χ4v) is 3.02. The Morgan fingerprint density at radius 3 is 2.37 bits per heavy atom. The smallest absolute Gasteiger partial charge is 0.262 e. The summed E-state index contributed by atoms with van der Waals surface area (Å²) in [6.45, 7) is 8.74. The maximum atomic E-state index is 12.6. The molecule has 2 heterocycles. The lowest BCUT2D eigenvalue weighted by molar-refractivity contribution is 0.0507. The molecule has 1 aromatic heterocycles. The van der Waals surface area contributed by atoms with Crippen molar-refractivity contribution >= 4 is 23.6 Å². The number of hydrogen-bond donors (Lipinski definition) is 1. The van der Waals surface area contributed by atoms with Crippen LogP contribution < -0.4 is 5.32 Å². The number of rotatable bonds is 2. The van der Waals surface area contributed by atoms with Crippen molar-refractivity contribution < 1.29 is 18.8 Å². The molecule has 3 rings (SSSR count). The Bertz CT molecular complexity index is 1030. The van der Waals surface area contributed by atoms with Gasteiger partial charge < -0.3 is 4.42 Å². The number of carbonyl (C=O) groups is 3. The van der Waals surface area contributed by atoms with E-state index >= 15 is 0 Å². The Hall–Kier alpha value is -3.40. The summed E-state index contributed by atoms with van der Waals surface area (Å²) >= 11 is 0. The molecular weight excluding hydrogens is 346 g/mol. The highest BCUT2D eigenvalue weighted by Gasteiger charge is 2.42. The first-order valence-corrected chi connectivity index (χ1v) is 8.40. The Labute approximate surface area is 156 Å². The molecule has 0 bridgehead atoms. The maximum Gasteiger partial charge on any atom is 0.262 e. The number of nitrogens with one attached hydrogen (secondary N) is 1. The molecule has 0 saturated heterocycles. The molecule has 7 nitrogen and oxygen atoms in total. The van der Waals surface area contributed by atoms with Gasteiger partial charge in [-0.2, -0.15) is 5.26 Å². The average molecular weight is 365 g/mol. The molecule has 27 heavy (non-hydrogen) atoms. The Morgan fingerprint density at radius 1 is 1.15 bits per heavy atom. The van der Waals surface area contributed by atoms with Gasteiger partial charge in [-0.3, -0.25) is 24.6 Å². The van der Waals surface area contributed by atoms with E-state index in [1.54, 1.807) is 34.6 Å². The summed E-state index contributed by atoms with van der Waals surface area (Å²) in [5.74, 6) is -0.732. The van der Waals surface area contributed by atoms with Crippen molar-refractivity contribution in [2.75, 3.05) is 5.32 Å². The van der Waals surface area contributed by atoms with Crippen molar-refractivity contribution in [3.05, 3.63) is 51.8 Å². The predicted octanol–water partition coefficient (Wildman–Crippen LogP) is 3.41. The fourth-order valence-electron chi connectivity index (χ4n) is 3.02. The molecule has 0 atom stereocenters. The number of fused-ring (bicyclic) bond motifs is 1. The lowest BCUT2D eigenvalue weighted by Crippen LogP contribution is -2.45. The molecule has 0 radical (unpaired) electrons. The number of imide groups is 1. The minimum Gasteiger partial charge on any atom is -0.444 e. The molecule has 138 valence electrons. The van der Waals surface area contributed by atoms with Crippen LogP contribution in [-0.4, -0.2) is 28.2 Å². The van der Waals surface area contributed by atoms with Crippen LogP contribution in [0, 0.1) is 25.2 Å². The molecule has 1 N–H and O–H groups in total. The highest BCUT2D eigenvalue weighted by molar-refractivity contribution is 6.22. The second-order valence-electron chi connectivity index (χ2n) is 7.43. The monoisotopic (exact) mass is 365 g/mol. The van der Waals surface area contributed by atoms with E-state index in [1.165, 1.54) is 23.1 Å². The summed E-state index contributed by atoms with van der Waals surface area (Å²) in [5, 5.41) is 11.8. The molecule has 0 saturated carbocycles. The number of amides is 3. The third-order valence-electron chi connectivity index (χ3n) is 4.54.